The number of hydrogen-bond donors (Lipinski definition) is 1. The van der Waals surface area contributed by atoms with Gasteiger partial charge in [-0.25, -0.2) is 8.42 Å². The van der Waals surface area contributed by atoms with Crippen LogP contribution >= 0.6 is 0 Å². The summed E-state index contributed by atoms with van der Waals surface area (Å²) in [6, 6.07) is 6.82. The molecule has 1 atom stereocenters. The molecule has 1 aliphatic rings. The van der Waals surface area contributed by atoms with E-state index in [-0.39, 0.29) is 10.9 Å². The molecule has 0 bridgehead atoms. The maximum Gasteiger partial charge on any atom is 0.257 e. The number of ether oxygens (including phenoxy) is 1. The van der Waals surface area contributed by atoms with E-state index in [0.29, 0.717) is 50.0 Å². The second-order valence-electron chi connectivity index (χ2n) is 5.95. The number of nitrogens with zero attached hydrogens (tertiary/aromatic N) is 3. The maximum absolute atomic E-state index is 12.8. The van der Waals surface area contributed by atoms with Crippen LogP contribution in [-0.2, 0) is 21.2 Å². The van der Waals surface area contributed by atoms with Gasteiger partial charge in [-0.3, -0.25) is 0 Å². The van der Waals surface area contributed by atoms with Crippen molar-refractivity contribution >= 4 is 10.0 Å². The lowest BCUT2D eigenvalue weighted by atomic mass is 10.2. The summed E-state index contributed by atoms with van der Waals surface area (Å²) in [5.74, 6) is 0.899. The molecule has 0 spiro atoms. The zero-order chi connectivity index (χ0) is 17.9. The number of morpholine rings is 1. The molecular weight excluding hydrogens is 344 g/mol. The highest BCUT2D eigenvalue weighted by atomic mass is 32.2. The van der Waals surface area contributed by atoms with Crippen LogP contribution in [0.4, 0.5) is 0 Å². The monoisotopic (exact) mass is 366 g/mol. The van der Waals surface area contributed by atoms with Gasteiger partial charge in [0.05, 0.1) is 18.1 Å². The third-order valence-electron chi connectivity index (χ3n) is 4.14. The van der Waals surface area contributed by atoms with Gasteiger partial charge in [0, 0.05) is 31.1 Å². The molecule has 1 aliphatic heterocycles. The molecule has 1 saturated heterocycles. The first-order valence-corrected chi connectivity index (χ1v) is 9.63. The lowest BCUT2D eigenvalue weighted by molar-refractivity contribution is 0.0730. The Hall–Kier alpha value is -1.81. The first-order valence-electron chi connectivity index (χ1n) is 8.19. The lowest BCUT2D eigenvalue weighted by Gasteiger charge is -2.26. The molecule has 136 valence electrons. The van der Waals surface area contributed by atoms with Gasteiger partial charge in [0.15, 0.2) is 5.82 Å². The van der Waals surface area contributed by atoms with Crippen LogP contribution in [0.5, 0.6) is 0 Å². The van der Waals surface area contributed by atoms with Crippen molar-refractivity contribution in [2.45, 2.75) is 24.3 Å². The largest absolute Gasteiger partial charge is 0.379 e. The van der Waals surface area contributed by atoms with E-state index in [1.807, 2.05) is 14.0 Å². The quantitative estimate of drug-likeness (QED) is 0.811. The van der Waals surface area contributed by atoms with Gasteiger partial charge in [-0.05, 0) is 32.2 Å². The van der Waals surface area contributed by atoms with E-state index in [0.717, 1.165) is 0 Å². The molecule has 1 unspecified atom stereocenters. The molecule has 0 aliphatic carbocycles. The third kappa shape index (κ3) is 4.06. The Kier molecular flexibility index (Phi) is 5.48. The van der Waals surface area contributed by atoms with Gasteiger partial charge in [-0.15, -0.1) is 0 Å². The van der Waals surface area contributed by atoms with E-state index < -0.39 is 10.0 Å². The zero-order valence-electron chi connectivity index (χ0n) is 14.3. The van der Waals surface area contributed by atoms with Crippen molar-refractivity contribution in [3.05, 3.63) is 30.1 Å². The van der Waals surface area contributed by atoms with Gasteiger partial charge >= 0.3 is 0 Å². The van der Waals surface area contributed by atoms with Crippen LogP contribution in [0.2, 0.25) is 0 Å². The summed E-state index contributed by atoms with van der Waals surface area (Å²) in [7, 11) is -1.69. The van der Waals surface area contributed by atoms with Crippen LogP contribution in [0.15, 0.2) is 33.7 Å². The first kappa shape index (κ1) is 18.0. The van der Waals surface area contributed by atoms with E-state index in [1.54, 1.807) is 24.3 Å². The Morgan fingerprint density at radius 3 is 2.80 bits per heavy atom. The van der Waals surface area contributed by atoms with Crippen molar-refractivity contribution in [1.29, 1.82) is 0 Å². The van der Waals surface area contributed by atoms with E-state index in [4.69, 9.17) is 9.26 Å². The predicted octanol–water partition coefficient (Wildman–Crippen LogP) is 0.908. The molecule has 9 heteroatoms. The smallest absolute Gasteiger partial charge is 0.257 e. The normalized spacial score (nSPS) is 17.5. The fourth-order valence-corrected chi connectivity index (χ4v) is 4.01. The molecule has 2 aromatic rings. The second kappa shape index (κ2) is 7.61. The number of sulfonamides is 1. The number of likely N-dealkylation sites (N-methyl/N-ethyl adjacent to an activating group) is 1. The van der Waals surface area contributed by atoms with Gasteiger partial charge in [0.2, 0.25) is 10.0 Å². The van der Waals surface area contributed by atoms with E-state index >= 15 is 0 Å². The number of nitrogens with one attached hydrogen (secondary N) is 1. The lowest BCUT2D eigenvalue weighted by Crippen LogP contribution is -2.40. The summed E-state index contributed by atoms with van der Waals surface area (Å²) in [4.78, 5) is 4.58. The molecule has 2 heterocycles. The fourth-order valence-electron chi connectivity index (χ4n) is 2.56. The number of aromatic nitrogens is 2. The molecule has 1 fully saturated rings. The van der Waals surface area contributed by atoms with Gasteiger partial charge in [-0.2, -0.15) is 9.29 Å². The zero-order valence-corrected chi connectivity index (χ0v) is 15.1. The molecule has 0 amide bonds. The fraction of sp³-hybridized carbons (Fsp3) is 0.500. The van der Waals surface area contributed by atoms with Crippen molar-refractivity contribution in [3.8, 4) is 11.5 Å². The summed E-state index contributed by atoms with van der Waals surface area (Å²) in [5.41, 5.74) is 0.588. The Labute approximate surface area is 147 Å². The van der Waals surface area contributed by atoms with Gasteiger partial charge in [0.25, 0.3) is 5.89 Å². The van der Waals surface area contributed by atoms with Crippen LogP contribution in [0.3, 0.4) is 0 Å². The number of rotatable bonds is 6. The molecule has 1 N–H and O–H groups in total. The second-order valence-corrected chi connectivity index (χ2v) is 7.89. The highest BCUT2D eigenvalue weighted by Crippen LogP contribution is 2.24. The van der Waals surface area contributed by atoms with E-state index in [1.165, 1.54) is 4.31 Å². The summed E-state index contributed by atoms with van der Waals surface area (Å²) >= 11 is 0. The van der Waals surface area contributed by atoms with Gasteiger partial charge in [0.1, 0.15) is 0 Å². The molecule has 1 aromatic heterocycles. The van der Waals surface area contributed by atoms with Crippen molar-refractivity contribution in [1.82, 2.24) is 19.8 Å². The summed E-state index contributed by atoms with van der Waals surface area (Å²) in [5, 5.41) is 7.07. The molecule has 0 radical (unpaired) electrons. The predicted molar refractivity (Wildman–Crippen MR) is 91.5 cm³/mol. The van der Waals surface area contributed by atoms with Gasteiger partial charge < -0.3 is 14.6 Å². The van der Waals surface area contributed by atoms with Crippen molar-refractivity contribution in [3.63, 3.8) is 0 Å². The van der Waals surface area contributed by atoms with Crippen molar-refractivity contribution in [2.24, 2.45) is 0 Å². The molecule has 0 saturated carbocycles. The summed E-state index contributed by atoms with van der Waals surface area (Å²) in [6.07, 6.45) is 0.631. The van der Waals surface area contributed by atoms with Crippen LogP contribution in [0.1, 0.15) is 12.7 Å². The Morgan fingerprint density at radius 2 is 2.08 bits per heavy atom. The minimum Gasteiger partial charge on any atom is -0.379 e. The van der Waals surface area contributed by atoms with Crippen molar-refractivity contribution < 1.29 is 17.7 Å². The Balaban J connectivity index is 1.84. The topological polar surface area (TPSA) is 97.6 Å². The highest BCUT2D eigenvalue weighted by molar-refractivity contribution is 7.89. The molecule has 3 rings (SSSR count). The number of hydrogen-bond acceptors (Lipinski definition) is 7. The Bertz CT molecular complexity index is 815. The average molecular weight is 366 g/mol. The minimum atomic E-state index is -3.56. The highest BCUT2D eigenvalue weighted by Gasteiger charge is 2.26. The average Bonchev–Trinajstić information content (AvgIpc) is 3.11. The molecule has 8 nitrogen and oxygen atoms in total. The summed E-state index contributed by atoms with van der Waals surface area (Å²) in [6.45, 7) is 3.56. The SMILES string of the molecule is CNC(C)Cc1noc(-c2cccc(S(=O)(=O)N3CCOCC3)c2)n1. The van der Waals surface area contributed by atoms with Crippen molar-refractivity contribution in [2.75, 3.05) is 33.4 Å². The standard InChI is InChI=1S/C16H22N4O4S/c1-12(17-2)10-15-18-16(24-19-15)13-4-3-5-14(11-13)25(21,22)20-6-8-23-9-7-20/h3-5,11-12,17H,6-10H2,1-2H3. The minimum absolute atomic E-state index is 0.218. The Morgan fingerprint density at radius 1 is 1.32 bits per heavy atom. The van der Waals surface area contributed by atoms with E-state index in [9.17, 15) is 8.42 Å². The van der Waals surface area contributed by atoms with Crippen LogP contribution in [0, 0.1) is 0 Å². The van der Waals surface area contributed by atoms with Crippen LogP contribution in [0.25, 0.3) is 11.5 Å². The number of benzene rings is 1. The third-order valence-corrected chi connectivity index (χ3v) is 6.03. The summed E-state index contributed by atoms with van der Waals surface area (Å²) < 4.78 is 37.5. The maximum atomic E-state index is 12.8. The van der Waals surface area contributed by atoms with Crippen LogP contribution in [-0.4, -0.2) is 62.3 Å². The molecule has 25 heavy (non-hydrogen) atoms. The molecular formula is C16H22N4O4S. The first-order chi connectivity index (χ1) is 12.0. The van der Waals surface area contributed by atoms with Crippen LogP contribution < -0.4 is 5.32 Å². The van der Waals surface area contributed by atoms with Gasteiger partial charge in [-0.1, -0.05) is 11.2 Å². The van der Waals surface area contributed by atoms with E-state index in [2.05, 4.69) is 15.5 Å². The molecule has 1 aromatic carbocycles.